The molecule has 0 radical (unpaired) electrons. The molecule has 5 heteroatoms. The van der Waals surface area contributed by atoms with E-state index in [1.54, 1.807) is 0 Å². The largest absolute Gasteiger partial charge is 0.441 e. The van der Waals surface area contributed by atoms with Crippen LogP contribution in [-0.4, -0.2) is 46.2 Å². The quantitative estimate of drug-likeness (QED) is 0.404. The van der Waals surface area contributed by atoms with Crippen LogP contribution in [0, 0.1) is 0 Å². The van der Waals surface area contributed by atoms with Gasteiger partial charge in [-0.3, -0.25) is 0 Å². The molecule has 1 aliphatic carbocycles. The lowest BCUT2D eigenvalue weighted by molar-refractivity contribution is 0.0264. The zero-order valence-electron chi connectivity index (χ0n) is 21.7. The normalized spacial score (nSPS) is 14.4. The first-order valence-corrected chi connectivity index (χ1v) is 12.7. The van der Waals surface area contributed by atoms with Crippen molar-refractivity contribution < 1.29 is 9.53 Å². The number of esters is 1. The lowest BCUT2D eigenvalue weighted by Gasteiger charge is -2.28. The SMILES string of the molecule is CCN(CC)c1ccc2c(c1)-c1cc(N(CC)CC)ccc1C21OC(=O)c2cc(N(C)C)ccc21. The second kappa shape index (κ2) is 8.63. The molecule has 0 atom stereocenters. The van der Waals surface area contributed by atoms with Crippen LogP contribution in [0.1, 0.15) is 54.7 Å². The van der Waals surface area contributed by atoms with Gasteiger partial charge in [0.25, 0.3) is 0 Å². The van der Waals surface area contributed by atoms with E-state index in [1.807, 2.05) is 25.1 Å². The van der Waals surface area contributed by atoms with Crippen molar-refractivity contribution in [1.29, 1.82) is 0 Å². The maximum Gasteiger partial charge on any atom is 0.340 e. The van der Waals surface area contributed by atoms with Crippen LogP contribution in [0.25, 0.3) is 11.1 Å². The summed E-state index contributed by atoms with van der Waals surface area (Å²) in [5.74, 6) is -0.261. The summed E-state index contributed by atoms with van der Waals surface area (Å²) in [4.78, 5) is 20.0. The molecule has 1 heterocycles. The molecule has 0 unspecified atom stereocenters. The number of anilines is 3. The molecule has 0 amide bonds. The summed E-state index contributed by atoms with van der Waals surface area (Å²) in [5.41, 5.74) is 8.43. The summed E-state index contributed by atoms with van der Waals surface area (Å²) in [6.07, 6.45) is 0. The lowest BCUT2D eigenvalue weighted by Crippen LogP contribution is -2.27. The molecule has 0 fully saturated rings. The summed E-state index contributed by atoms with van der Waals surface area (Å²) >= 11 is 0. The predicted molar refractivity (Wildman–Crippen MR) is 145 cm³/mol. The zero-order valence-corrected chi connectivity index (χ0v) is 21.7. The number of hydrogen-bond acceptors (Lipinski definition) is 5. The molecule has 2 aliphatic rings. The van der Waals surface area contributed by atoms with Crippen LogP contribution in [0.2, 0.25) is 0 Å². The third-order valence-corrected chi connectivity index (χ3v) is 7.68. The van der Waals surface area contributed by atoms with E-state index < -0.39 is 5.60 Å². The molecule has 182 valence electrons. The van der Waals surface area contributed by atoms with Crippen LogP contribution < -0.4 is 14.7 Å². The van der Waals surface area contributed by atoms with Crippen molar-refractivity contribution in [3.05, 3.63) is 76.9 Å². The monoisotopic (exact) mass is 469 g/mol. The van der Waals surface area contributed by atoms with Crippen LogP contribution >= 0.6 is 0 Å². The van der Waals surface area contributed by atoms with Crippen molar-refractivity contribution in [2.75, 3.05) is 55.0 Å². The fraction of sp³-hybridized carbons (Fsp3) is 0.367. The van der Waals surface area contributed by atoms with Gasteiger partial charge in [0.05, 0.1) is 5.56 Å². The molecule has 0 saturated heterocycles. The minimum absolute atomic E-state index is 0.261. The first-order chi connectivity index (χ1) is 16.9. The number of benzene rings is 3. The molecule has 0 bridgehead atoms. The molecule has 35 heavy (non-hydrogen) atoms. The summed E-state index contributed by atoms with van der Waals surface area (Å²) in [7, 11) is 3.98. The molecule has 5 rings (SSSR count). The van der Waals surface area contributed by atoms with Gasteiger partial charge in [-0.25, -0.2) is 4.79 Å². The van der Waals surface area contributed by atoms with Gasteiger partial charge in [-0.15, -0.1) is 0 Å². The minimum Gasteiger partial charge on any atom is -0.441 e. The van der Waals surface area contributed by atoms with E-state index in [4.69, 9.17) is 4.74 Å². The number of fused-ring (bicyclic) bond motifs is 7. The van der Waals surface area contributed by atoms with E-state index in [0.717, 1.165) is 59.7 Å². The standard InChI is InChI=1S/C30H35N3O2/c1-7-32(8-2)21-12-15-26-23(18-21)24-19-22(33(9-3)10-4)13-16-27(24)30(26)28-14-11-20(31(5)6)17-25(28)29(34)35-30/h11-19H,7-10H2,1-6H3. The Morgan fingerprint density at radius 3 is 1.46 bits per heavy atom. The predicted octanol–water partition coefficient (Wildman–Crippen LogP) is 5.89. The van der Waals surface area contributed by atoms with Crippen LogP contribution in [0.3, 0.4) is 0 Å². The Kier molecular flexibility index (Phi) is 5.74. The topological polar surface area (TPSA) is 36.0 Å². The number of hydrogen-bond donors (Lipinski definition) is 0. The minimum atomic E-state index is -0.911. The smallest absolute Gasteiger partial charge is 0.340 e. The third-order valence-electron chi connectivity index (χ3n) is 7.68. The Bertz CT molecular complexity index is 1230. The van der Waals surface area contributed by atoms with Crippen molar-refractivity contribution in [2.24, 2.45) is 0 Å². The van der Waals surface area contributed by atoms with Crippen molar-refractivity contribution in [3.63, 3.8) is 0 Å². The van der Waals surface area contributed by atoms with Gasteiger partial charge < -0.3 is 19.4 Å². The van der Waals surface area contributed by atoms with Gasteiger partial charge in [0.15, 0.2) is 5.60 Å². The van der Waals surface area contributed by atoms with Crippen LogP contribution in [-0.2, 0) is 10.3 Å². The van der Waals surface area contributed by atoms with Crippen LogP contribution in [0.15, 0.2) is 54.6 Å². The molecule has 3 aromatic carbocycles. The van der Waals surface area contributed by atoms with Crippen molar-refractivity contribution >= 4 is 23.0 Å². The molecule has 3 aromatic rings. The number of carbonyl (C=O) groups is 1. The highest BCUT2D eigenvalue weighted by Gasteiger charge is 2.54. The molecular formula is C30H35N3O2. The Balaban J connectivity index is 1.78. The van der Waals surface area contributed by atoms with Gasteiger partial charge in [-0.05, 0) is 75.2 Å². The molecule has 0 N–H and O–H groups in total. The average Bonchev–Trinajstić information content (AvgIpc) is 3.32. The molecule has 5 nitrogen and oxygen atoms in total. The van der Waals surface area contributed by atoms with Gasteiger partial charge in [0.2, 0.25) is 0 Å². The van der Waals surface area contributed by atoms with Gasteiger partial charge in [0.1, 0.15) is 0 Å². The van der Waals surface area contributed by atoms with E-state index in [2.05, 4.69) is 86.0 Å². The van der Waals surface area contributed by atoms with E-state index in [1.165, 1.54) is 11.4 Å². The Morgan fingerprint density at radius 2 is 1.03 bits per heavy atom. The summed E-state index contributed by atoms with van der Waals surface area (Å²) in [5, 5.41) is 0. The fourth-order valence-electron chi connectivity index (χ4n) is 5.78. The number of ether oxygens (including phenoxy) is 1. The van der Waals surface area contributed by atoms with E-state index in [9.17, 15) is 4.79 Å². The number of carbonyl (C=O) groups excluding carboxylic acids is 1. The van der Waals surface area contributed by atoms with Crippen molar-refractivity contribution in [3.8, 4) is 11.1 Å². The van der Waals surface area contributed by atoms with Crippen LogP contribution in [0.4, 0.5) is 17.1 Å². The van der Waals surface area contributed by atoms with Gasteiger partial charge in [-0.1, -0.05) is 18.2 Å². The second-order valence-corrected chi connectivity index (χ2v) is 9.50. The first-order valence-electron chi connectivity index (χ1n) is 12.7. The van der Waals surface area contributed by atoms with E-state index >= 15 is 0 Å². The third kappa shape index (κ3) is 3.32. The number of rotatable bonds is 7. The summed E-state index contributed by atoms with van der Waals surface area (Å²) in [6, 6.07) is 19.3. The fourth-order valence-corrected chi connectivity index (χ4v) is 5.78. The molecular weight excluding hydrogens is 434 g/mol. The molecule has 0 saturated carbocycles. The van der Waals surface area contributed by atoms with E-state index in [0.29, 0.717) is 5.56 Å². The summed E-state index contributed by atoms with van der Waals surface area (Å²) in [6.45, 7) is 12.5. The van der Waals surface area contributed by atoms with Gasteiger partial charge >= 0.3 is 5.97 Å². The Morgan fingerprint density at radius 1 is 0.629 bits per heavy atom. The first kappa shape index (κ1) is 23.3. The van der Waals surface area contributed by atoms with Gasteiger partial charge in [-0.2, -0.15) is 0 Å². The number of nitrogens with zero attached hydrogens (tertiary/aromatic N) is 3. The highest BCUT2D eigenvalue weighted by atomic mass is 16.6. The Labute approximate surface area is 208 Å². The van der Waals surface area contributed by atoms with Crippen LogP contribution in [0.5, 0.6) is 0 Å². The van der Waals surface area contributed by atoms with Gasteiger partial charge in [0, 0.05) is 74.0 Å². The maximum atomic E-state index is 13.3. The Hall–Kier alpha value is -3.47. The highest BCUT2D eigenvalue weighted by Crippen LogP contribution is 2.58. The zero-order chi connectivity index (χ0) is 24.9. The second-order valence-electron chi connectivity index (χ2n) is 9.50. The average molecular weight is 470 g/mol. The van der Waals surface area contributed by atoms with Crippen molar-refractivity contribution in [1.82, 2.24) is 0 Å². The van der Waals surface area contributed by atoms with E-state index in [-0.39, 0.29) is 5.97 Å². The maximum absolute atomic E-state index is 13.3. The van der Waals surface area contributed by atoms with Crippen molar-refractivity contribution in [2.45, 2.75) is 33.3 Å². The highest BCUT2D eigenvalue weighted by molar-refractivity contribution is 6.00. The molecule has 1 spiro atoms. The summed E-state index contributed by atoms with van der Waals surface area (Å²) < 4.78 is 6.39. The molecule has 1 aliphatic heterocycles. The lowest BCUT2D eigenvalue weighted by atomic mass is 9.83. The molecule has 0 aromatic heterocycles.